The normalized spacial score (nSPS) is 23.1. The Kier molecular flexibility index (Phi) is 10.7. The molecule has 4 rings (SSSR count). The van der Waals surface area contributed by atoms with Crippen molar-refractivity contribution in [2.24, 2.45) is 16.7 Å². The molecular weight excluding hydrogens is 631 g/mol. The molecule has 1 aliphatic heterocycles. The van der Waals surface area contributed by atoms with Crippen LogP contribution in [-0.4, -0.2) is 58.0 Å². The van der Waals surface area contributed by atoms with Crippen LogP contribution in [0.5, 0.6) is 5.75 Å². The highest BCUT2D eigenvalue weighted by Crippen LogP contribution is 2.57. The number of hydrogen-bond acceptors (Lipinski definition) is 6. The number of amides is 2. The maximum atomic E-state index is 14.1. The number of carbonyl (C=O) groups is 4. The summed E-state index contributed by atoms with van der Waals surface area (Å²) in [5, 5.41) is 13.7. The van der Waals surface area contributed by atoms with Crippen molar-refractivity contribution in [3.05, 3.63) is 63.6 Å². The summed E-state index contributed by atoms with van der Waals surface area (Å²) in [5.74, 6) is -2.20. The zero-order valence-electron chi connectivity index (χ0n) is 27.3. The molecule has 1 aliphatic carbocycles. The Labute approximate surface area is 280 Å². The van der Waals surface area contributed by atoms with Gasteiger partial charge in [-0.15, -0.1) is 0 Å². The lowest BCUT2D eigenvalue weighted by atomic mass is 9.64. The average molecular weight is 676 g/mol. The maximum Gasteiger partial charge on any atom is 0.329 e. The third-order valence-electron chi connectivity index (χ3n) is 9.63. The summed E-state index contributed by atoms with van der Waals surface area (Å²) >= 11 is 12.4. The average Bonchev–Trinajstić information content (AvgIpc) is 3.55. The number of halogens is 2. The maximum absolute atomic E-state index is 14.1. The van der Waals surface area contributed by atoms with E-state index in [0.29, 0.717) is 59.1 Å². The predicted octanol–water partition coefficient (Wildman–Crippen LogP) is 6.46. The van der Waals surface area contributed by atoms with Crippen LogP contribution in [0.15, 0.2) is 42.5 Å². The van der Waals surface area contributed by atoms with Crippen LogP contribution >= 0.6 is 23.2 Å². The van der Waals surface area contributed by atoms with Crippen LogP contribution in [-0.2, 0) is 36.9 Å². The minimum atomic E-state index is -1.17. The SMILES string of the molecule is CC(C)(C)OC(=O)[C@@H]1CCCN1C(=O)C1(C)CCC(C(=O)NC(Cc2ccc(OCc3c(Cl)cccc3Cl)cc2)C(=O)O)C1(C)C. The molecule has 2 aromatic rings. The Morgan fingerprint density at radius 3 is 2.24 bits per heavy atom. The molecule has 1 saturated heterocycles. The van der Waals surface area contributed by atoms with Crippen LogP contribution in [0.2, 0.25) is 10.0 Å². The van der Waals surface area contributed by atoms with Crippen molar-refractivity contribution < 1.29 is 33.8 Å². The second-order valence-electron chi connectivity index (χ2n) is 14.1. The summed E-state index contributed by atoms with van der Waals surface area (Å²) in [4.78, 5) is 54.5. The number of ether oxygens (including phenoxy) is 2. The minimum absolute atomic E-state index is 0.0619. The minimum Gasteiger partial charge on any atom is -0.489 e. The summed E-state index contributed by atoms with van der Waals surface area (Å²) in [7, 11) is 0. The molecule has 9 nitrogen and oxygen atoms in total. The quantitative estimate of drug-likeness (QED) is 0.277. The van der Waals surface area contributed by atoms with Crippen molar-refractivity contribution >= 4 is 47.0 Å². The number of carbonyl (C=O) groups excluding carboxylic acids is 3. The fourth-order valence-electron chi connectivity index (χ4n) is 6.54. The van der Waals surface area contributed by atoms with Gasteiger partial charge in [0.05, 0.1) is 5.41 Å². The molecule has 2 amide bonds. The van der Waals surface area contributed by atoms with E-state index in [-0.39, 0.29) is 18.9 Å². The van der Waals surface area contributed by atoms with Gasteiger partial charge in [0.1, 0.15) is 30.0 Å². The molecule has 2 aliphatic rings. The number of nitrogens with zero attached hydrogens (tertiary/aromatic N) is 1. The number of carboxylic acid groups (broad SMARTS) is 1. The summed E-state index contributed by atoms with van der Waals surface area (Å²) in [5.41, 5.74) is -1.04. The zero-order valence-corrected chi connectivity index (χ0v) is 28.8. The highest BCUT2D eigenvalue weighted by atomic mass is 35.5. The number of carboxylic acids is 1. The van der Waals surface area contributed by atoms with E-state index in [4.69, 9.17) is 32.7 Å². The third kappa shape index (κ3) is 7.63. The lowest BCUT2D eigenvalue weighted by molar-refractivity contribution is -0.167. The zero-order chi connectivity index (χ0) is 34.0. The third-order valence-corrected chi connectivity index (χ3v) is 10.3. The monoisotopic (exact) mass is 674 g/mol. The smallest absolute Gasteiger partial charge is 0.329 e. The van der Waals surface area contributed by atoms with Crippen LogP contribution in [0.4, 0.5) is 0 Å². The number of esters is 1. The molecule has 1 saturated carbocycles. The molecule has 0 radical (unpaired) electrons. The van der Waals surface area contributed by atoms with Gasteiger partial charge in [-0.2, -0.15) is 0 Å². The molecule has 3 unspecified atom stereocenters. The summed E-state index contributed by atoms with van der Waals surface area (Å²) in [6.07, 6.45) is 2.14. The molecule has 0 spiro atoms. The first kappa shape index (κ1) is 35.6. The first-order valence-corrected chi connectivity index (χ1v) is 16.4. The summed E-state index contributed by atoms with van der Waals surface area (Å²) in [6, 6.07) is 10.3. The van der Waals surface area contributed by atoms with Crippen LogP contribution in [0.25, 0.3) is 0 Å². The van der Waals surface area contributed by atoms with Crippen molar-refractivity contribution in [2.75, 3.05) is 6.54 Å². The van der Waals surface area contributed by atoms with E-state index in [9.17, 15) is 24.3 Å². The molecule has 2 N–H and O–H groups in total. The number of benzene rings is 2. The Hall–Kier alpha value is -3.30. The standard InChI is InChI=1S/C35H44Cl2N2O7/c1-33(2,3)46-31(43)28-11-8-18-39(28)32(44)35(6)17-16-24(34(35,4)5)29(40)38-27(30(41)42)19-21-12-14-22(15-13-21)45-20-23-25(36)9-7-10-26(23)37/h7,9-10,12-15,24,27-28H,8,11,16-20H2,1-6H3,(H,38,40)(H,41,42)/t24?,27?,28-,35?/m0/s1. The van der Waals surface area contributed by atoms with Crippen LogP contribution < -0.4 is 10.1 Å². The number of rotatable bonds is 10. The van der Waals surface area contributed by atoms with Crippen molar-refractivity contribution in [1.29, 1.82) is 0 Å². The van der Waals surface area contributed by atoms with E-state index >= 15 is 0 Å². The molecule has 250 valence electrons. The van der Waals surface area contributed by atoms with Gasteiger partial charge in [0.15, 0.2) is 0 Å². The van der Waals surface area contributed by atoms with Gasteiger partial charge in [-0.3, -0.25) is 9.59 Å². The highest BCUT2D eigenvalue weighted by molar-refractivity contribution is 6.35. The lowest BCUT2D eigenvalue weighted by Crippen LogP contribution is -2.54. The van der Waals surface area contributed by atoms with Crippen LogP contribution in [0.1, 0.15) is 78.4 Å². The van der Waals surface area contributed by atoms with Crippen LogP contribution in [0.3, 0.4) is 0 Å². The van der Waals surface area contributed by atoms with Gasteiger partial charge >= 0.3 is 11.9 Å². The molecule has 0 aromatic heterocycles. The molecule has 46 heavy (non-hydrogen) atoms. The van der Waals surface area contributed by atoms with Crippen molar-refractivity contribution in [3.8, 4) is 5.75 Å². The van der Waals surface area contributed by atoms with E-state index in [0.717, 1.165) is 0 Å². The first-order valence-electron chi connectivity index (χ1n) is 15.7. The van der Waals surface area contributed by atoms with E-state index < -0.39 is 52.3 Å². The number of likely N-dealkylation sites (tertiary alicyclic amines) is 1. The largest absolute Gasteiger partial charge is 0.489 e. The fourth-order valence-corrected chi connectivity index (χ4v) is 7.05. The topological polar surface area (TPSA) is 122 Å². The van der Waals surface area contributed by atoms with Gasteiger partial charge in [0, 0.05) is 34.5 Å². The van der Waals surface area contributed by atoms with E-state index in [1.165, 1.54) is 0 Å². The second kappa shape index (κ2) is 13.8. The number of nitrogens with one attached hydrogen (secondary N) is 1. The van der Waals surface area contributed by atoms with Crippen LogP contribution in [0, 0.1) is 16.7 Å². The molecule has 2 fully saturated rings. The Balaban J connectivity index is 1.40. The van der Waals surface area contributed by atoms with E-state index in [2.05, 4.69) is 5.32 Å². The van der Waals surface area contributed by atoms with Gasteiger partial charge in [-0.1, -0.05) is 62.2 Å². The summed E-state index contributed by atoms with van der Waals surface area (Å²) < 4.78 is 11.4. The summed E-state index contributed by atoms with van der Waals surface area (Å²) in [6.45, 7) is 11.6. The first-order chi connectivity index (χ1) is 21.4. The predicted molar refractivity (Wildman–Crippen MR) is 176 cm³/mol. The van der Waals surface area contributed by atoms with Gasteiger partial charge in [-0.05, 0) is 81.7 Å². The van der Waals surface area contributed by atoms with Crippen molar-refractivity contribution in [2.45, 2.75) is 97.9 Å². The van der Waals surface area contributed by atoms with Crippen molar-refractivity contribution in [3.63, 3.8) is 0 Å². The van der Waals surface area contributed by atoms with Gasteiger partial charge < -0.3 is 24.8 Å². The fraction of sp³-hybridized carbons (Fsp3) is 0.543. The van der Waals surface area contributed by atoms with E-state index in [1.807, 2.05) is 20.8 Å². The van der Waals surface area contributed by atoms with Crippen molar-refractivity contribution in [1.82, 2.24) is 10.2 Å². The Morgan fingerprint density at radius 1 is 1.02 bits per heavy atom. The molecule has 1 heterocycles. The molecular formula is C35H44Cl2N2O7. The van der Waals surface area contributed by atoms with Gasteiger partial charge in [-0.25, -0.2) is 9.59 Å². The molecule has 11 heteroatoms. The molecule has 0 bridgehead atoms. The van der Waals surface area contributed by atoms with E-state index in [1.54, 1.807) is 68.1 Å². The second-order valence-corrected chi connectivity index (χ2v) is 14.9. The lowest BCUT2D eigenvalue weighted by Gasteiger charge is -2.43. The number of hydrogen-bond donors (Lipinski definition) is 2. The van der Waals surface area contributed by atoms with Gasteiger partial charge in [0.25, 0.3) is 0 Å². The molecule has 4 atom stereocenters. The van der Waals surface area contributed by atoms with Gasteiger partial charge in [0.2, 0.25) is 11.8 Å². The number of aliphatic carboxylic acids is 1. The Morgan fingerprint density at radius 2 is 1.65 bits per heavy atom. The molecule has 2 aromatic carbocycles. The Bertz CT molecular complexity index is 1450. The highest BCUT2D eigenvalue weighted by Gasteiger charge is 2.60.